The molecular formula is C21H18ClN3OS2. The summed E-state index contributed by atoms with van der Waals surface area (Å²) in [7, 11) is 0. The molecule has 3 aromatic rings. The van der Waals surface area contributed by atoms with Gasteiger partial charge < -0.3 is 10.1 Å². The van der Waals surface area contributed by atoms with Crippen LogP contribution in [0.1, 0.15) is 5.69 Å². The summed E-state index contributed by atoms with van der Waals surface area (Å²) in [5.74, 6) is 2.02. The van der Waals surface area contributed by atoms with Gasteiger partial charge in [0, 0.05) is 21.7 Å². The predicted octanol–water partition coefficient (Wildman–Crippen LogP) is 6.58. The number of aryl methyl sites for hydroxylation is 1. The van der Waals surface area contributed by atoms with Crippen LogP contribution in [0.4, 0.5) is 10.9 Å². The highest BCUT2D eigenvalue weighted by atomic mass is 35.5. The van der Waals surface area contributed by atoms with Crippen LogP contribution < -0.4 is 10.1 Å². The van der Waals surface area contributed by atoms with Crippen molar-refractivity contribution in [2.45, 2.75) is 22.4 Å². The molecule has 1 aliphatic rings. The second kappa shape index (κ2) is 8.82. The Balaban J connectivity index is 1.61. The van der Waals surface area contributed by atoms with Crippen LogP contribution in [0.15, 0.2) is 77.2 Å². The molecule has 0 radical (unpaired) electrons. The van der Waals surface area contributed by atoms with Gasteiger partial charge in [-0.05, 0) is 25.1 Å². The third kappa shape index (κ3) is 4.76. The lowest BCUT2D eigenvalue weighted by molar-refractivity contribution is 0.481. The first-order valence-electron chi connectivity index (χ1n) is 8.75. The quantitative estimate of drug-likeness (QED) is 0.450. The first-order valence-corrected chi connectivity index (χ1v) is 10.9. The second-order valence-corrected chi connectivity index (χ2v) is 8.76. The molecule has 7 heteroatoms. The number of hydrogen-bond donors (Lipinski definition) is 1. The number of rotatable bonds is 6. The molecule has 0 fully saturated rings. The van der Waals surface area contributed by atoms with Crippen molar-refractivity contribution >= 4 is 45.6 Å². The first-order chi connectivity index (χ1) is 13.7. The summed E-state index contributed by atoms with van der Waals surface area (Å²) >= 11 is 9.61. The molecule has 2 heterocycles. The summed E-state index contributed by atoms with van der Waals surface area (Å²) in [6.45, 7) is 1.96. The maximum absolute atomic E-state index is 6.41. The van der Waals surface area contributed by atoms with Crippen LogP contribution in [0, 0.1) is 6.92 Å². The van der Waals surface area contributed by atoms with Crippen molar-refractivity contribution in [3.05, 3.63) is 78.0 Å². The van der Waals surface area contributed by atoms with Crippen LogP contribution in [0.25, 0.3) is 0 Å². The fourth-order valence-corrected chi connectivity index (χ4v) is 4.61. The number of ether oxygens (including phenoxy) is 1. The van der Waals surface area contributed by atoms with Gasteiger partial charge in [-0.1, -0.05) is 42.5 Å². The van der Waals surface area contributed by atoms with Gasteiger partial charge in [0.15, 0.2) is 16.7 Å². The van der Waals surface area contributed by atoms with E-state index in [9.17, 15) is 0 Å². The standard InChI is InChI=1S/C21H18ClN3OS2/c1-14-13-27-21(24-14)25-20-18(26-15-7-3-2-4-8-15)11-16(12-23-20)28-19-10-6-5-9-17(19)22/h2-13,17,19H,1H3,(H,23,24,25). The number of thiazole rings is 1. The zero-order valence-electron chi connectivity index (χ0n) is 15.1. The van der Waals surface area contributed by atoms with E-state index in [1.807, 2.05) is 73.1 Å². The van der Waals surface area contributed by atoms with Gasteiger partial charge in [0.1, 0.15) is 5.75 Å². The number of nitrogens with one attached hydrogen (secondary N) is 1. The summed E-state index contributed by atoms with van der Waals surface area (Å²) in [5.41, 5.74) is 0.968. The molecule has 0 saturated heterocycles. The van der Waals surface area contributed by atoms with Crippen LogP contribution in [-0.4, -0.2) is 20.6 Å². The van der Waals surface area contributed by atoms with Crippen molar-refractivity contribution in [2.24, 2.45) is 0 Å². The van der Waals surface area contributed by atoms with Gasteiger partial charge in [-0.15, -0.1) is 34.7 Å². The molecule has 0 bridgehead atoms. The summed E-state index contributed by atoms with van der Waals surface area (Å²) < 4.78 is 6.12. The van der Waals surface area contributed by atoms with Crippen molar-refractivity contribution in [3.63, 3.8) is 0 Å². The number of aromatic nitrogens is 2. The van der Waals surface area contributed by atoms with E-state index >= 15 is 0 Å². The molecule has 4 rings (SSSR count). The van der Waals surface area contributed by atoms with Crippen molar-refractivity contribution in [1.29, 1.82) is 0 Å². The highest BCUT2D eigenvalue weighted by Gasteiger charge is 2.19. The van der Waals surface area contributed by atoms with Crippen LogP contribution in [0.2, 0.25) is 0 Å². The Morgan fingerprint density at radius 2 is 2.00 bits per heavy atom. The van der Waals surface area contributed by atoms with Crippen molar-refractivity contribution in [3.8, 4) is 11.5 Å². The fraction of sp³-hybridized carbons (Fsp3) is 0.143. The SMILES string of the molecule is Cc1csc(Nc2ncc(SC3C=CC=CC3Cl)cc2Oc2ccccc2)n1. The van der Waals surface area contributed by atoms with Crippen LogP contribution >= 0.6 is 34.7 Å². The lowest BCUT2D eigenvalue weighted by Crippen LogP contribution is -2.14. The molecule has 2 atom stereocenters. The van der Waals surface area contributed by atoms with Gasteiger partial charge in [-0.25, -0.2) is 9.97 Å². The minimum atomic E-state index is -0.0513. The van der Waals surface area contributed by atoms with Gasteiger partial charge in [-0.2, -0.15) is 0 Å². The molecule has 2 unspecified atom stereocenters. The Bertz CT molecular complexity index is 1000. The van der Waals surface area contributed by atoms with Gasteiger partial charge in [0.05, 0.1) is 11.1 Å². The number of nitrogens with zero attached hydrogens (tertiary/aromatic N) is 2. The summed E-state index contributed by atoms with van der Waals surface area (Å²) in [4.78, 5) is 10.0. The van der Waals surface area contributed by atoms with Crippen molar-refractivity contribution < 1.29 is 4.74 Å². The summed E-state index contributed by atoms with van der Waals surface area (Å²) in [6.07, 6.45) is 9.92. The van der Waals surface area contributed by atoms with Crippen LogP contribution in [-0.2, 0) is 0 Å². The Kier molecular flexibility index (Phi) is 6.00. The topological polar surface area (TPSA) is 47.0 Å². The number of para-hydroxylation sites is 1. The van der Waals surface area contributed by atoms with Crippen molar-refractivity contribution in [1.82, 2.24) is 9.97 Å². The third-order valence-electron chi connectivity index (χ3n) is 3.94. The monoisotopic (exact) mass is 427 g/mol. The van der Waals surface area contributed by atoms with E-state index in [1.54, 1.807) is 11.8 Å². The molecule has 0 aliphatic heterocycles. The second-order valence-electron chi connectivity index (χ2n) is 6.15. The molecular weight excluding hydrogens is 410 g/mol. The number of hydrogen-bond acceptors (Lipinski definition) is 6. The van der Waals surface area contributed by atoms with Crippen LogP contribution in [0.3, 0.4) is 0 Å². The van der Waals surface area contributed by atoms with Crippen molar-refractivity contribution in [2.75, 3.05) is 5.32 Å². The largest absolute Gasteiger partial charge is 0.453 e. The molecule has 142 valence electrons. The predicted molar refractivity (Wildman–Crippen MR) is 118 cm³/mol. The summed E-state index contributed by atoms with van der Waals surface area (Å²) in [6, 6.07) is 11.7. The molecule has 0 saturated carbocycles. The highest BCUT2D eigenvalue weighted by Crippen LogP contribution is 2.37. The Labute approximate surface area is 177 Å². The Hall–Kier alpha value is -2.28. The van der Waals surface area contributed by atoms with Gasteiger partial charge in [-0.3, -0.25) is 0 Å². The van der Waals surface area contributed by atoms with E-state index in [0.717, 1.165) is 21.5 Å². The van der Waals surface area contributed by atoms with E-state index in [2.05, 4.69) is 21.4 Å². The maximum Gasteiger partial charge on any atom is 0.188 e. The number of allylic oxidation sites excluding steroid dienone is 3. The van der Waals surface area contributed by atoms with Gasteiger partial charge in [0.2, 0.25) is 0 Å². The van der Waals surface area contributed by atoms with E-state index in [-0.39, 0.29) is 10.6 Å². The van der Waals surface area contributed by atoms with Gasteiger partial charge >= 0.3 is 0 Å². The number of anilines is 2. The Morgan fingerprint density at radius 3 is 2.75 bits per heavy atom. The fourth-order valence-electron chi connectivity index (χ4n) is 2.61. The number of benzene rings is 1. The smallest absolute Gasteiger partial charge is 0.188 e. The molecule has 0 amide bonds. The average molecular weight is 428 g/mol. The normalized spacial score (nSPS) is 18.2. The van der Waals surface area contributed by atoms with E-state index < -0.39 is 0 Å². The van der Waals surface area contributed by atoms with E-state index in [1.165, 1.54) is 11.3 Å². The number of halogens is 1. The molecule has 2 aromatic heterocycles. The Morgan fingerprint density at radius 1 is 1.18 bits per heavy atom. The zero-order valence-corrected chi connectivity index (χ0v) is 17.5. The number of thioether (sulfide) groups is 1. The van der Waals surface area contributed by atoms with E-state index in [4.69, 9.17) is 16.3 Å². The lowest BCUT2D eigenvalue weighted by atomic mass is 10.2. The minimum absolute atomic E-state index is 0.0513. The number of alkyl halides is 1. The number of pyridine rings is 1. The molecule has 1 N–H and O–H groups in total. The summed E-state index contributed by atoms with van der Waals surface area (Å²) in [5, 5.41) is 6.14. The highest BCUT2D eigenvalue weighted by molar-refractivity contribution is 8.00. The molecule has 4 nitrogen and oxygen atoms in total. The molecule has 28 heavy (non-hydrogen) atoms. The average Bonchev–Trinajstić information content (AvgIpc) is 3.11. The molecule has 0 spiro atoms. The third-order valence-corrected chi connectivity index (χ3v) is 6.60. The first kappa shape index (κ1) is 19.1. The van der Waals surface area contributed by atoms with Crippen LogP contribution in [0.5, 0.6) is 11.5 Å². The zero-order chi connectivity index (χ0) is 19.3. The minimum Gasteiger partial charge on any atom is -0.453 e. The lowest BCUT2D eigenvalue weighted by Gasteiger charge is -2.19. The molecule has 1 aromatic carbocycles. The maximum atomic E-state index is 6.41. The molecule has 1 aliphatic carbocycles. The van der Waals surface area contributed by atoms with Gasteiger partial charge in [0.25, 0.3) is 0 Å². The van der Waals surface area contributed by atoms with E-state index in [0.29, 0.717) is 11.6 Å².